The van der Waals surface area contributed by atoms with Crippen molar-refractivity contribution in [3.8, 4) is 0 Å². The molecular formula is C16H10ClF3N2O3. The molecule has 0 aliphatic rings. The molecule has 2 rings (SSSR count). The van der Waals surface area contributed by atoms with Gasteiger partial charge < -0.3 is 5.32 Å². The Bertz CT molecular complexity index is 851. The van der Waals surface area contributed by atoms with Crippen molar-refractivity contribution < 1.29 is 22.9 Å². The van der Waals surface area contributed by atoms with Crippen molar-refractivity contribution in [2.45, 2.75) is 6.18 Å². The number of hydrogen-bond acceptors (Lipinski definition) is 3. The zero-order valence-corrected chi connectivity index (χ0v) is 13.1. The van der Waals surface area contributed by atoms with E-state index in [-0.39, 0.29) is 16.4 Å². The molecule has 0 aliphatic heterocycles. The third kappa shape index (κ3) is 4.80. The summed E-state index contributed by atoms with van der Waals surface area (Å²) in [6.45, 7) is 0. The minimum Gasteiger partial charge on any atom is -0.322 e. The van der Waals surface area contributed by atoms with Crippen LogP contribution < -0.4 is 5.32 Å². The van der Waals surface area contributed by atoms with Crippen LogP contribution in [0.5, 0.6) is 0 Å². The van der Waals surface area contributed by atoms with E-state index in [0.717, 1.165) is 24.3 Å². The van der Waals surface area contributed by atoms with E-state index < -0.39 is 22.6 Å². The normalized spacial score (nSPS) is 11.5. The summed E-state index contributed by atoms with van der Waals surface area (Å²) in [4.78, 5) is 21.9. The molecule has 0 fully saturated rings. The SMILES string of the molecule is O=C(C=Cc1ccc(Cl)c([N+](=O)[O-])c1)Nc1ccccc1C(F)(F)F. The van der Waals surface area contributed by atoms with Gasteiger partial charge in [-0.3, -0.25) is 14.9 Å². The number of rotatable bonds is 4. The fourth-order valence-corrected chi connectivity index (χ4v) is 2.15. The summed E-state index contributed by atoms with van der Waals surface area (Å²) < 4.78 is 38.6. The van der Waals surface area contributed by atoms with Gasteiger partial charge in [-0.2, -0.15) is 13.2 Å². The molecule has 5 nitrogen and oxygen atoms in total. The molecule has 0 saturated carbocycles. The van der Waals surface area contributed by atoms with Gasteiger partial charge in [-0.1, -0.05) is 29.8 Å². The third-order valence-corrected chi connectivity index (χ3v) is 3.40. The Labute approximate surface area is 144 Å². The van der Waals surface area contributed by atoms with E-state index in [1.54, 1.807) is 0 Å². The number of alkyl halides is 3. The Kier molecular flexibility index (Phi) is 5.43. The van der Waals surface area contributed by atoms with Crippen LogP contribution >= 0.6 is 11.6 Å². The summed E-state index contributed by atoms with van der Waals surface area (Å²) in [6, 6.07) is 8.41. The first kappa shape index (κ1) is 18.5. The zero-order valence-electron chi connectivity index (χ0n) is 12.4. The second kappa shape index (κ2) is 7.35. The summed E-state index contributed by atoms with van der Waals surface area (Å²) >= 11 is 5.67. The number of carbonyl (C=O) groups is 1. The maximum atomic E-state index is 12.9. The van der Waals surface area contributed by atoms with Gasteiger partial charge in [-0.25, -0.2) is 0 Å². The minimum atomic E-state index is -4.61. The van der Waals surface area contributed by atoms with E-state index in [1.807, 2.05) is 0 Å². The number of nitro groups is 1. The van der Waals surface area contributed by atoms with Crippen molar-refractivity contribution in [3.63, 3.8) is 0 Å². The summed E-state index contributed by atoms with van der Waals surface area (Å²) in [7, 11) is 0. The Morgan fingerprint density at radius 1 is 1.20 bits per heavy atom. The number of nitro benzene ring substituents is 1. The number of carbonyl (C=O) groups excluding carboxylic acids is 1. The monoisotopic (exact) mass is 370 g/mol. The molecule has 0 aromatic heterocycles. The minimum absolute atomic E-state index is 0.0642. The van der Waals surface area contributed by atoms with Gasteiger partial charge in [0.1, 0.15) is 5.02 Å². The fraction of sp³-hybridized carbons (Fsp3) is 0.0625. The lowest BCUT2D eigenvalue weighted by molar-refractivity contribution is -0.384. The number of halogens is 4. The van der Waals surface area contributed by atoms with Crippen LogP contribution in [-0.4, -0.2) is 10.8 Å². The average Bonchev–Trinajstić information content (AvgIpc) is 2.53. The number of para-hydroxylation sites is 1. The molecule has 9 heteroatoms. The van der Waals surface area contributed by atoms with E-state index in [1.165, 1.54) is 30.3 Å². The predicted octanol–water partition coefficient (Wildman–Crippen LogP) is 4.92. The van der Waals surface area contributed by atoms with Gasteiger partial charge in [0.15, 0.2) is 0 Å². The van der Waals surface area contributed by atoms with E-state index in [2.05, 4.69) is 5.32 Å². The first-order valence-corrected chi connectivity index (χ1v) is 7.15. The van der Waals surface area contributed by atoms with Crippen LogP contribution in [0.3, 0.4) is 0 Å². The lowest BCUT2D eigenvalue weighted by Crippen LogP contribution is -2.14. The summed E-state index contributed by atoms with van der Waals surface area (Å²) in [5.74, 6) is -0.811. The average molecular weight is 371 g/mol. The molecular weight excluding hydrogens is 361 g/mol. The first-order valence-electron chi connectivity index (χ1n) is 6.77. The smallest absolute Gasteiger partial charge is 0.322 e. The standard InChI is InChI=1S/C16H10ClF3N2O3/c17-12-7-5-10(9-14(12)22(24)25)6-8-15(23)21-13-4-2-1-3-11(13)16(18,19)20/h1-9H,(H,21,23). The van der Waals surface area contributed by atoms with Gasteiger partial charge >= 0.3 is 6.18 Å². The van der Waals surface area contributed by atoms with Crippen molar-refractivity contribution in [2.24, 2.45) is 0 Å². The van der Waals surface area contributed by atoms with Crippen LogP contribution in [-0.2, 0) is 11.0 Å². The second-order valence-corrected chi connectivity index (χ2v) is 5.24. The van der Waals surface area contributed by atoms with E-state index in [9.17, 15) is 28.1 Å². The van der Waals surface area contributed by atoms with Crippen LogP contribution in [0.2, 0.25) is 5.02 Å². The van der Waals surface area contributed by atoms with Crippen molar-refractivity contribution in [3.05, 3.63) is 74.8 Å². The molecule has 0 saturated heterocycles. The van der Waals surface area contributed by atoms with Gasteiger partial charge in [-0.15, -0.1) is 0 Å². The molecule has 1 N–H and O–H groups in total. The predicted molar refractivity (Wildman–Crippen MR) is 87.2 cm³/mol. The summed E-state index contributed by atoms with van der Waals surface area (Å²) in [5, 5.41) is 12.9. The molecule has 0 heterocycles. The molecule has 2 aromatic carbocycles. The Hall–Kier alpha value is -2.87. The lowest BCUT2D eigenvalue weighted by Gasteiger charge is -2.12. The van der Waals surface area contributed by atoms with Gasteiger partial charge in [0.2, 0.25) is 5.91 Å². The highest BCUT2D eigenvalue weighted by atomic mass is 35.5. The highest BCUT2D eigenvalue weighted by molar-refractivity contribution is 6.32. The number of benzene rings is 2. The molecule has 1 amide bonds. The maximum absolute atomic E-state index is 12.9. The molecule has 0 radical (unpaired) electrons. The number of nitrogens with one attached hydrogen (secondary N) is 1. The molecule has 0 bridgehead atoms. The summed E-state index contributed by atoms with van der Waals surface area (Å²) in [6.07, 6.45) is -2.40. The van der Waals surface area contributed by atoms with Gasteiger partial charge in [0, 0.05) is 12.1 Å². The number of hydrogen-bond donors (Lipinski definition) is 1. The van der Waals surface area contributed by atoms with Crippen LogP contribution in [0, 0.1) is 10.1 Å². The van der Waals surface area contributed by atoms with E-state index >= 15 is 0 Å². The van der Waals surface area contributed by atoms with Crippen LogP contribution in [0.15, 0.2) is 48.5 Å². The highest BCUT2D eigenvalue weighted by Crippen LogP contribution is 2.34. The largest absolute Gasteiger partial charge is 0.418 e. The first-order chi connectivity index (χ1) is 11.7. The highest BCUT2D eigenvalue weighted by Gasteiger charge is 2.33. The molecule has 130 valence electrons. The number of amides is 1. The fourth-order valence-electron chi connectivity index (χ4n) is 1.96. The lowest BCUT2D eigenvalue weighted by atomic mass is 10.1. The Morgan fingerprint density at radius 3 is 2.52 bits per heavy atom. The van der Waals surface area contributed by atoms with Crippen LogP contribution in [0.1, 0.15) is 11.1 Å². The van der Waals surface area contributed by atoms with Gasteiger partial charge in [0.05, 0.1) is 16.2 Å². The number of anilines is 1. The molecule has 0 unspecified atom stereocenters. The third-order valence-electron chi connectivity index (χ3n) is 3.08. The second-order valence-electron chi connectivity index (χ2n) is 4.83. The van der Waals surface area contributed by atoms with Crippen molar-refractivity contribution in [2.75, 3.05) is 5.32 Å². The Morgan fingerprint density at radius 2 is 1.88 bits per heavy atom. The van der Waals surface area contributed by atoms with Crippen molar-refractivity contribution in [1.82, 2.24) is 0 Å². The van der Waals surface area contributed by atoms with Crippen LogP contribution in [0.25, 0.3) is 6.08 Å². The molecule has 0 atom stereocenters. The molecule has 2 aromatic rings. The molecule has 25 heavy (non-hydrogen) atoms. The Balaban J connectivity index is 2.18. The van der Waals surface area contributed by atoms with Crippen molar-refractivity contribution in [1.29, 1.82) is 0 Å². The maximum Gasteiger partial charge on any atom is 0.418 e. The van der Waals surface area contributed by atoms with Crippen molar-refractivity contribution >= 4 is 35.0 Å². The van der Waals surface area contributed by atoms with Gasteiger partial charge in [-0.05, 0) is 29.8 Å². The number of nitrogens with zero attached hydrogens (tertiary/aromatic N) is 1. The van der Waals surface area contributed by atoms with E-state index in [0.29, 0.717) is 5.56 Å². The zero-order chi connectivity index (χ0) is 18.6. The van der Waals surface area contributed by atoms with Gasteiger partial charge in [0.25, 0.3) is 5.69 Å². The molecule has 0 aliphatic carbocycles. The topological polar surface area (TPSA) is 72.2 Å². The quantitative estimate of drug-likeness (QED) is 0.471. The van der Waals surface area contributed by atoms with E-state index in [4.69, 9.17) is 11.6 Å². The molecule has 0 spiro atoms. The summed E-state index contributed by atoms with van der Waals surface area (Å²) in [5.41, 5.74) is -1.40. The van der Waals surface area contributed by atoms with Crippen LogP contribution in [0.4, 0.5) is 24.5 Å².